The second-order valence-electron chi connectivity index (χ2n) is 13.4. The number of hydrogen-bond donors (Lipinski definition) is 4. The SMILES string of the molecule is C#CCOCCOCCOCCN.C#CCOCCOCCONc1cccc2c1C(=O)N(C1CCC(=O)NC1=O)C2=O.O=C1CCC(N2C(=O)c3cccc(F)c3C2=O)C(=O)N1. The number of piperidine rings is 2. The number of hydrogen-bond acceptors (Lipinski definition) is 16. The predicted molar refractivity (Wildman–Crippen MR) is 217 cm³/mol. The van der Waals surface area contributed by atoms with Crippen LogP contribution in [-0.2, 0) is 47.7 Å². The number of nitrogens with zero attached hydrogens (tertiary/aromatic N) is 2. The molecule has 2 saturated heterocycles. The molecule has 2 fully saturated rings. The molecule has 0 saturated carbocycles. The van der Waals surface area contributed by atoms with E-state index in [1.807, 2.05) is 0 Å². The summed E-state index contributed by atoms with van der Waals surface area (Å²) < 4.78 is 39.3. The molecule has 4 aliphatic heterocycles. The molecule has 2 unspecified atom stereocenters. The van der Waals surface area contributed by atoms with Crippen LogP contribution >= 0.6 is 0 Å². The molecule has 4 aliphatic rings. The molecule has 21 heteroatoms. The number of benzene rings is 2. The maximum Gasteiger partial charge on any atom is 0.265 e. The largest absolute Gasteiger partial charge is 0.378 e. The van der Waals surface area contributed by atoms with Crippen LogP contribution in [0.5, 0.6) is 0 Å². The zero-order valence-corrected chi connectivity index (χ0v) is 34.2. The molecule has 0 aromatic heterocycles. The van der Waals surface area contributed by atoms with E-state index in [0.29, 0.717) is 65.1 Å². The average molecular weight is 879 g/mol. The third-order valence-electron chi connectivity index (χ3n) is 9.15. The van der Waals surface area contributed by atoms with E-state index in [0.717, 1.165) is 15.9 Å². The Labute approximate surface area is 361 Å². The second kappa shape index (κ2) is 25.5. The van der Waals surface area contributed by atoms with Gasteiger partial charge >= 0.3 is 0 Å². The van der Waals surface area contributed by atoms with Gasteiger partial charge in [0.2, 0.25) is 23.6 Å². The number of nitrogens with one attached hydrogen (secondary N) is 3. The van der Waals surface area contributed by atoms with Crippen molar-refractivity contribution in [1.82, 2.24) is 20.4 Å². The van der Waals surface area contributed by atoms with Crippen molar-refractivity contribution in [2.75, 3.05) is 84.7 Å². The molecule has 20 nitrogen and oxygen atoms in total. The molecule has 4 heterocycles. The summed E-state index contributed by atoms with van der Waals surface area (Å²) in [5, 5.41) is 4.23. The van der Waals surface area contributed by atoms with Gasteiger partial charge in [0.25, 0.3) is 23.6 Å². The van der Waals surface area contributed by atoms with Crippen molar-refractivity contribution in [1.29, 1.82) is 0 Å². The van der Waals surface area contributed by atoms with E-state index in [2.05, 4.69) is 28.0 Å². The Kier molecular flexibility index (Phi) is 19.9. The normalized spacial score (nSPS) is 17.7. The number of fused-ring (bicyclic) bond motifs is 2. The second-order valence-corrected chi connectivity index (χ2v) is 13.4. The maximum atomic E-state index is 13.7. The number of amides is 8. The monoisotopic (exact) mass is 878 g/mol. The van der Waals surface area contributed by atoms with Crippen LogP contribution in [0.2, 0.25) is 0 Å². The number of nitrogens with two attached hydrogens (primary N) is 1. The average Bonchev–Trinajstić information content (AvgIpc) is 3.67. The molecule has 63 heavy (non-hydrogen) atoms. The van der Waals surface area contributed by atoms with E-state index in [9.17, 15) is 42.7 Å². The van der Waals surface area contributed by atoms with Gasteiger partial charge in [-0.15, -0.1) is 12.8 Å². The molecule has 5 N–H and O–H groups in total. The summed E-state index contributed by atoms with van der Waals surface area (Å²) >= 11 is 0. The van der Waals surface area contributed by atoms with Crippen molar-refractivity contribution >= 4 is 52.9 Å². The minimum absolute atomic E-state index is 0.0340. The van der Waals surface area contributed by atoms with Gasteiger partial charge < -0.3 is 29.4 Å². The molecule has 0 radical (unpaired) electrons. The lowest BCUT2D eigenvalue weighted by Gasteiger charge is -2.27. The zero-order chi connectivity index (χ0) is 45.7. The molecule has 336 valence electrons. The first-order chi connectivity index (χ1) is 30.5. The van der Waals surface area contributed by atoms with Crippen LogP contribution in [-0.4, -0.2) is 148 Å². The zero-order valence-electron chi connectivity index (χ0n) is 34.2. The highest BCUT2D eigenvalue weighted by atomic mass is 19.1. The van der Waals surface area contributed by atoms with Crippen LogP contribution in [0.25, 0.3) is 0 Å². The van der Waals surface area contributed by atoms with E-state index in [1.165, 1.54) is 18.2 Å². The summed E-state index contributed by atoms with van der Waals surface area (Å²) in [5.41, 5.74) is 8.09. The van der Waals surface area contributed by atoms with Gasteiger partial charge in [-0.1, -0.05) is 24.0 Å². The summed E-state index contributed by atoms with van der Waals surface area (Å²) in [6.45, 7) is 5.10. The van der Waals surface area contributed by atoms with Gasteiger partial charge in [-0.3, -0.25) is 69.1 Å². The number of anilines is 1. The first kappa shape index (κ1) is 49.2. The summed E-state index contributed by atoms with van der Waals surface area (Å²) in [6.07, 6.45) is 10.3. The van der Waals surface area contributed by atoms with Crippen molar-refractivity contribution in [2.24, 2.45) is 5.73 Å². The molecular formula is C42H47FN6O14. The minimum atomic E-state index is -1.07. The number of imide groups is 4. The van der Waals surface area contributed by atoms with Crippen LogP contribution in [0.1, 0.15) is 67.1 Å². The number of carbonyl (C=O) groups excluding carboxylic acids is 8. The van der Waals surface area contributed by atoms with Crippen LogP contribution in [0.4, 0.5) is 10.1 Å². The molecule has 6 rings (SSSR count). The molecule has 2 aromatic carbocycles. The Morgan fingerprint density at radius 2 is 1.06 bits per heavy atom. The van der Waals surface area contributed by atoms with Crippen LogP contribution in [0.3, 0.4) is 0 Å². The lowest BCUT2D eigenvalue weighted by Crippen LogP contribution is -2.54. The molecular weight excluding hydrogens is 831 g/mol. The van der Waals surface area contributed by atoms with Gasteiger partial charge in [0.15, 0.2) is 0 Å². The van der Waals surface area contributed by atoms with E-state index in [1.54, 1.807) is 12.1 Å². The fraction of sp³-hybridized carbons (Fsp3) is 0.429. The number of halogens is 1. The van der Waals surface area contributed by atoms with Gasteiger partial charge in [0.1, 0.15) is 31.1 Å². The van der Waals surface area contributed by atoms with Crippen LogP contribution < -0.4 is 21.8 Å². The Hall–Kier alpha value is -6.43. The molecule has 0 bridgehead atoms. The number of rotatable bonds is 20. The fourth-order valence-electron chi connectivity index (χ4n) is 6.31. The third kappa shape index (κ3) is 13.5. The fourth-order valence-corrected chi connectivity index (χ4v) is 6.31. The summed E-state index contributed by atoms with van der Waals surface area (Å²) in [4.78, 5) is 103. The number of terminal acetylenes is 2. The quantitative estimate of drug-likeness (QED) is 0.0589. The standard InChI is InChI=1S/C20H21N3O7.C13H9FN2O4.C9H17NO3/c1-2-8-28-9-10-29-11-12-30-22-14-5-3-4-13-17(14)20(27)23(19(13)26)15-6-7-16(24)21-18(15)25;14-7-3-1-2-6-10(7)13(20)16(12(6)19)8-4-5-9(17)15-11(8)18;1-2-4-11-6-8-13-9-7-12-5-3-10/h1,3-5,15,22H,6-12H2,(H,21,24,25);1-3,8H,4-5H2,(H,15,17,18);1H,3-10H2. The van der Waals surface area contributed by atoms with E-state index in [-0.39, 0.29) is 67.8 Å². The van der Waals surface area contributed by atoms with E-state index < -0.39 is 65.2 Å². The van der Waals surface area contributed by atoms with Gasteiger partial charge in [-0.05, 0) is 37.1 Å². The van der Waals surface area contributed by atoms with Crippen molar-refractivity contribution in [3.8, 4) is 24.7 Å². The molecule has 2 aromatic rings. The lowest BCUT2D eigenvalue weighted by molar-refractivity contribution is -0.137. The Morgan fingerprint density at radius 3 is 1.54 bits per heavy atom. The number of carbonyl (C=O) groups is 8. The van der Waals surface area contributed by atoms with Crippen molar-refractivity contribution < 1.29 is 71.3 Å². The topological polar surface area (TPSA) is 261 Å². The number of ether oxygens (including phenoxy) is 5. The minimum Gasteiger partial charge on any atom is -0.378 e. The van der Waals surface area contributed by atoms with E-state index >= 15 is 0 Å². The summed E-state index contributed by atoms with van der Waals surface area (Å²) in [6, 6.07) is 6.35. The highest BCUT2D eigenvalue weighted by Crippen LogP contribution is 2.33. The van der Waals surface area contributed by atoms with E-state index in [4.69, 9.17) is 47.1 Å². The third-order valence-corrected chi connectivity index (χ3v) is 9.15. The van der Waals surface area contributed by atoms with Crippen molar-refractivity contribution in [2.45, 2.75) is 37.8 Å². The van der Waals surface area contributed by atoms with Crippen molar-refractivity contribution in [3.63, 3.8) is 0 Å². The van der Waals surface area contributed by atoms with Crippen molar-refractivity contribution in [3.05, 3.63) is 64.5 Å². The van der Waals surface area contributed by atoms with Gasteiger partial charge in [-0.25, -0.2) is 4.39 Å². The summed E-state index contributed by atoms with van der Waals surface area (Å²) in [5.74, 6) is -1.06. The van der Waals surface area contributed by atoms with Crippen LogP contribution in [0.15, 0.2) is 36.4 Å². The Bertz CT molecular complexity index is 2100. The smallest absolute Gasteiger partial charge is 0.265 e. The van der Waals surface area contributed by atoms with Gasteiger partial charge in [0, 0.05) is 19.4 Å². The molecule has 0 spiro atoms. The lowest BCUT2D eigenvalue weighted by atomic mass is 10.0. The first-order valence-corrected chi connectivity index (χ1v) is 19.6. The molecule has 8 amide bonds. The highest BCUT2D eigenvalue weighted by Gasteiger charge is 2.47. The first-order valence-electron chi connectivity index (χ1n) is 19.6. The molecule has 2 atom stereocenters. The Balaban J connectivity index is 0.000000227. The Morgan fingerprint density at radius 1 is 0.619 bits per heavy atom. The molecule has 0 aliphatic carbocycles. The van der Waals surface area contributed by atoms with Crippen LogP contribution in [0, 0.1) is 30.5 Å². The predicted octanol–water partition coefficient (Wildman–Crippen LogP) is -0.0473. The van der Waals surface area contributed by atoms with Gasteiger partial charge in [-0.2, -0.15) is 0 Å². The van der Waals surface area contributed by atoms with Gasteiger partial charge in [0.05, 0.1) is 87.4 Å². The summed E-state index contributed by atoms with van der Waals surface area (Å²) in [7, 11) is 0. The highest BCUT2D eigenvalue weighted by molar-refractivity contribution is 6.26. The maximum absolute atomic E-state index is 13.7.